The number of carbonyl (C=O) groups excluding carboxylic acids is 1. The maximum Gasteiger partial charge on any atom is 0.222 e. The van der Waals surface area contributed by atoms with Crippen LogP contribution >= 0.6 is 0 Å². The lowest BCUT2D eigenvalue weighted by Gasteiger charge is -2.55. The molecule has 0 spiro atoms. The van der Waals surface area contributed by atoms with Crippen molar-refractivity contribution < 1.29 is 4.79 Å². The van der Waals surface area contributed by atoms with E-state index in [1.165, 1.54) is 31.2 Å². The highest BCUT2D eigenvalue weighted by Gasteiger charge is 2.51. The summed E-state index contributed by atoms with van der Waals surface area (Å²) in [6.45, 7) is 4.41. The Hall–Kier alpha value is -2.17. The minimum atomic E-state index is 0.132. The molecule has 5 heteroatoms. The second kappa shape index (κ2) is 7.22. The summed E-state index contributed by atoms with van der Waals surface area (Å²) < 4.78 is 1.83. The number of nitrogens with zero attached hydrogens (tertiary/aromatic N) is 3. The van der Waals surface area contributed by atoms with Crippen LogP contribution in [0.4, 0.5) is 0 Å². The summed E-state index contributed by atoms with van der Waals surface area (Å²) in [6, 6.07) is 11.0. The van der Waals surface area contributed by atoms with Crippen molar-refractivity contribution in [2.75, 3.05) is 0 Å². The Kier molecular flexibility index (Phi) is 4.79. The molecule has 2 saturated carbocycles. The first kappa shape index (κ1) is 17.3. The van der Waals surface area contributed by atoms with Crippen molar-refractivity contribution in [2.24, 2.45) is 11.8 Å². The van der Waals surface area contributed by atoms with Gasteiger partial charge in [0.1, 0.15) is 11.6 Å². The molecular formula is C21H28N4O. The lowest BCUT2D eigenvalue weighted by Crippen LogP contribution is -2.59. The van der Waals surface area contributed by atoms with E-state index in [-0.39, 0.29) is 11.9 Å². The van der Waals surface area contributed by atoms with Crippen molar-refractivity contribution in [2.45, 2.75) is 64.5 Å². The quantitative estimate of drug-likeness (QED) is 0.897. The van der Waals surface area contributed by atoms with Gasteiger partial charge in [-0.05, 0) is 44.1 Å². The predicted molar refractivity (Wildman–Crippen MR) is 101 cm³/mol. The van der Waals surface area contributed by atoms with Crippen LogP contribution in [0.3, 0.4) is 0 Å². The number of hydrogen-bond donors (Lipinski definition) is 1. The van der Waals surface area contributed by atoms with Gasteiger partial charge >= 0.3 is 0 Å². The monoisotopic (exact) mass is 352 g/mol. The van der Waals surface area contributed by atoms with E-state index >= 15 is 0 Å². The molecular weight excluding hydrogens is 324 g/mol. The van der Waals surface area contributed by atoms with E-state index in [1.54, 1.807) is 0 Å². The maximum absolute atomic E-state index is 12.6. The zero-order valence-electron chi connectivity index (χ0n) is 15.7. The molecule has 26 heavy (non-hydrogen) atoms. The fourth-order valence-electron chi connectivity index (χ4n) is 5.03. The number of benzene rings is 1. The zero-order valence-corrected chi connectivity index (χ0v) is 15.7. The number of aryl methyl sites for hydroxylation is 3. The van der Waals surface area contributed by atoms with E-state index in [0.29, 0.717) is 24.8 Å². The summed E-state index contributed by atoms with van der Waals surface area (Å²) in [7, 11) is 0. The summed E-state index contributed by atoms with van der Waals surface area (Å²) in [4.78, 5) is 16.9. The topological polar surface area (TPSA) is 59.8 Å². The van der Waals surface area contributed by atoms with Crippen molar-refractivity contribution >= 4 is 5.91 Å². The van der Waals surface area contributed by atoms with E-state index in [2.05, 4.69) is 45.7 Å². The molecule has 1 aromatic heterocycles. The van der Waals surface area contributed by atoms with E-state index in [9.17, 15) is 4.79 Å². The average Bonchev–Trinajstić information content (AvgIpc) is 2.96. The fraction of sp³-hybridized carbons (Fsp3) is 0.571. The van der Waals surface area contributed by atoms with Crippen LogP contribution in [0, 0.1) is 25.7 Å². The fourth-order valence-corrected chi connectivity index (χ4v) is 5.03. The predicted octanol–water partition coefficient (Wildman–Crippen LogP) is 3.37. The van der Waals surface area contributed by atoms with Crippen molar-refractivity contribution in [3.63, 3.8) is 0 Å². The summed E-state index contributed by atoms with van der Waals surface area (Å²) in [6.07, 6.45) is 5.63. The van der Waals surface area contributed by atoms with Gasteiger partial charge in [-0.15, -0.1) is 0 Å². The Labute approximate surface area is 155 Å². The Morgan fingerprint density at radius 3 is 2.58 bits per heavy atom. The third-order valence-corrected chi connectivity index (χ3v) is 6.21. The van der Waals surface area contributed by atoms with E-state index in [4.69, 9.17) is 0 Å². The molecule has 0 bridgehead atoms. The normalized spacial score (nSPS) is 27.5. The van der Waals surface area contributed by atoms with Gasteiger partial charge < -0.3 is 5.32 Å². The Morgan fingerprint density at radius 2 is 1.88 bits per heavy atom. The van der Waals surface area contributed by atoms with Crippen LogP contribution in [0.5, 0.6) is 0 Å². The molecule has 4 atom stereocenters. The summed E-state index contributed by atoms with van der Waals surface area (Å²) in [5, 5.41) is 7.71. The van der Waals surface area contributed by atoms with Gasteiger partial charge in [0.2, 0.25) is 5.91 Å². The molecule has 4 rings (SSSR count). The van der Waals surface area contributed by atoms with Gasteiger partial charge in [-0.25, -0.2) is 9.67 Å². The highest BCUT2D eigenvalue weighted by Crippen LogP contribution is 2.54. The Balaban J connectivity index is 1.41. The molecule has 138 valence electrons. The largest absolute Gasteiger partial charge is 0.352 e. The molecule has 1 heterocycles. The number of fused-ring (bicyclic) bond motifs is 1. The lowest BCUT2D eigenvalue weighted by atomic mass is 9.53. The highest BCUT2D eigenvalue weighted by molar-refractivity contribution is 5.76. The van der Waals surface area contributed by atoms with E-state index in [1.807, 2.05) is 18.5 Å². The third kappa shape index (κ3) is 3.27. The standard InChI is InChI=1S/C21H28N4O/c1-14-22-15(2)25(24-14)13-12-19(26)23-21-18-11-7-6-10-17(18)20(21)16-8-4-3-5-9-16/h3-5,8-9,17-18,20-21H,6-7,10-13H2,1-2H3,(H,23,26)/t17-,18-,20+,21+/m1/s1. The lowest BCUT2D eigenvalue weighted by molar-refractivity contribution is -0.125. The van der Waals surface area contributed by atoms with Gasteiger partial charge in [-0.3, -0.25) is 4.79 Å². The van der Waals surface area contributed by atoms with Crippen LogP contribution in [0.15, 0.2) is 30.3 Å². The molecule has 2 fully saturated rings. The number of amides is 1. The van der Waals surface area contributed by atoms with Gasteiger partial charge in [0.05, 0.1) is 6.54 Å². The summed E-state index contributed by atoms with van der Waals surface area (Å²) in [5.74, 6) is 3.61. The molecule has 0 radical (unpaired) electrons. The zero-order chi connectivity index (χ0) is 18.1. The smallest absolute Gasteiger partial charge is 0.222 e. The second-order valence-electron chi connectivity index (χ2n) is 7.82. The van der Waals surface area contributed by atoms with Gasteiger partial charge in [-0.2, -0.15) is 5.10 Å². The Bertz CT molecular complexity index is 770. The van der Waals surface area contributed by atoms with Crippen molar-refractivity contribution in [1.82, 2.24) is 20.1 Å². The van der Waals surface area contributed by atoms with Gasteiger partial charge in [0, 0.05) is 18.4 Å². The molecule has 0 unspecified atom stereocenters. The van der Waals surface area contributed by atoms with Crippen LogP contribution in [0.1, 0.15) is 55.2 Å². The number of hydrogen-bond acceptors (Lipinski definition) is 3. The van der Waals surface area contributed by atoms with E-state index in [0.717, 1.165) is 17.6 Å². The maximum atomic E-state index is 12.6. The van der Waals surface area contributed by atoms with Gasteiger partial charge in [0.25, 0.3) is 0 Å². The Morgan fingerprint density at radius 1 is 1.15 bits per heavy atom. The highest BCUT2D eigenvalue weighted by atomic mass is 16.1. The van der Waals surface area contributed by atoms with Crippen molar-refractivity contribution in [1.29, 1.82) is 0 Å². The minimum absolute atomic E-state index is 0.132. The van der Waals surface area contributed by atoms with Gasteiger partial charge in [-0.1, -0.05) is 43.2 Å². The number of carbonyl (C=O) groups is 1. The molecule has 1 aromatic carbocycles. The van der Waals surface area contributed by atoms with Crippen LogP contribution in [0.2, 0.25) is 0 Å². The molecule has 1 N–H and O–H groups in total. The molecule has 2 aliphatic carbocycles. The van der Waals surface area contributed by atoms with Crippen LogP contribution < -0.4 is 5.32 Å². The SMILES string of the molecule is Cc1nc(C)n(CCC(=O)N[C@H]2[C@@H]3CCCC[C@H]3[C@@H]2c2ccccc2)n1. The number of nitrogens with one attached hydrogen (secondary N) is 1. The first-order valence-electron chi connectivity index (χ1n) is 9.86. The van der Waals surface area contributed by atoms with Crippen LogP contribution in [-0.2, 0) is 11.3 Å². The molecule has 0 aliphatic heterocycles. The van der Waals surface area contributed by atoms with Crippen molar-refractivity contribution in [3.05, 3.63) is 47.5 Å². The second-order valence-corrected chi connectivity index (χ2v) is 7.82. The average molecular weight is 352 g/mol. The summed E-state index contributed by atoms with van der Waals surface area (Å²) >= 11 is 0. The number of rotatable bonds is 5. The molecule has 2 aliphatic rings. The van der Waals surface area contributed by atoms with Crippen LogP contribution in [0.25, 0.3) is 0 Å². The first-order chi connectivity index (χ1) is 12.6. The first-order valence-corrected chi connectivity index (χ1v) is 9.86. The van der Waals surface area contributed by atoms with Gasteiger partial charge in [0.15, 0.2) is 0 Å². The number of aromatic nitrogens is 3. The minimum Gasteiger partial charge on any atom is -0.352 e. The summed E-state index contributed by atoms with van der Waals surface area (Å²) in [5.41, 5.74) is 1.38. The van der Waals surface area contributed by atoms with E-state index < -0.39 is 0 Å². The molecule has 0 saturated heterocycles. The third-order valence-electron chi connectivity index (χ3n) is 6.21. The van der Waals surface area contributed by atoms with Crippen LogP contribution in [-0.4, -0.2) is 26.7 Å². The molecule has 5 nitrogen and oxygen atoms in total. The molecule has 1 amide bonds. The molecule has 2 aromatic rings. The van der Waals surface area contributed by atoms with Crippen molar-refractivity contribution in [3.8, 4) is 0 Å².